The van der Waals surface area contributed by atoms with E-state index in [2.05, 4.69) is 22.3 Å². The van der Waals surface area contributed by atoms with Crippen molar-refractivity contribution in [2.24, 2.45) is 0 Å². The summed E-state index contributed by atoms with van der Waals surface area (Å²) in [6.07, 6.45) is 1.68. The number of cyclic esters (lactones) is 1. The number of esters is 1. The monoisotopic (exact) mass is 1060 g/mol. The van der Waals surface area contributed by atoms with Crippen LogP contribution in [0.15, 0.2) is 224 Å². The first-order valence-corrected chi connectivity index (χ1v) is 26.6. The number of fused-ring (bicyclic) bond motifs is 1. The number of nitrogens with one attached hydrogen (secondary N) is 1. The number of nitrogens with zero attached hydrogens (tertiary/aromatic N) is 2. The highest BCUT2D eigenvalue weighted by molar-refractivity contribution is 5.82. The molecule has 11 rings (SSSR count). The van der Waals surface area contributed by atoms with E-state index in [0.717, 1.165) is 87.7 Å². The molecule has 6 atom stereocenters. The fraction of sp³-hybridized carbons (Fsp3) is 0.265. The average molecular weight is 1060 g/mol. The highest BCUT2D eigenvalue weighted by atomic mass is 16.6. The summed E-state index contributed by atoms with van der Waals surface area (Å²) in [5.74, 6) is 2.15. The van der Waals surface area contributed by atoms with Crippen LogP contribution < -0.4 is 19.5 Å². The van der Waals surface area contributed by atoms with Crippen LogP contribution in [0.4, 0.5) is 0 Å². The second kappa shape index (κ2) is 28.5. The van der Waals surface area contributed by atoms with Gasteiger partial charge in [-0.15, -0.1) is 0 Å². The number of amides is 1. The van der Waals surface area contributed by atoms with Crippen LogP contribution >= 0.6 is 0 Å². The summed E-state index contributed by atoms with van der Waals surface area (Å²) in [6.45, 7) is 3.29. The molecule has 11 heteroatoms. The number of hydrogen-bond acceptors (Lipinski definition) is 10. The van der Waals surface area contributed by atoms with E-state index in [1.54, 1.807) is 0 Å². The molecule has 0 aliphatic carbocycles. The van der Waals surface area contributed by atoms with Crippen molar-refractivity contribution < 1.29 is 38.4 Å². The first-order chi connectivity index (χ1) is 38.0. The van der Waals surface area contributed by atoms with Crippen molar-refractivity contribution in [3.8, 4) is 17.2 Å². The summed E-state index contributed by atoms with van der Waals surface area (Å²) < 4.78 is 30.5. The van der Waals surface area contributed by atoms with Gasteiger partial charge in [0.1, 0.15) is 62.0 Å². The molecule has 3 aliphatic heterocycles. The third-order valence-corrected chi connectivity index (χ3v) is 14.3. The molecular formula is C68H73N3O8. The van der Waals surface area contributed by atoms with Crippen LogP contribution in [0.5, 0.6) is 17.2 Å². The molecule has 8 aromatic carbocycles. The number of morpholine rings is 1. The highest BCUT2D eigenvalue weighted by Crippen LogP contribution is 2.49. The second-order valence-electron chi connectivity index (χ2n) is 19.6. The number of carbonyl (C=O) groups excluding carboxylic acids is 2. The van der Waals surface area contributed by atoms with Crippen molar-refractivity contribution in [2.75, 3.05) is 26.3 Å². The third kappa shape index (κ3) is 15.0. The Kier molecular flexibility index (Phi) is 20.6. The van der Waals surface area contributed by atoms with Gasteiger partial charge in [0.2, 0.25) is 5.91 Å². The molecule has 3 saturated heterocycles. The fourth-order valence-electron chi connectivity index (χ4n) is 10.2. The van der Waals surface area contributed by atoms with Crippen molar-refractivity contribution in [3.63, 3.8) is 0 Å². The van der Waals surface area contributed by atoms with Crippen molar-refractivity contribution in [3.05, 3.63) is 269 Å². The van der Waals surface area contributed by atoms with Crippen molar-refractivity contribution in [2.45, 2.75) is 90.4 Å². The van der Waals surface area contributed by atoms with Crippen LogP contribution in [0.25, 0.3) is 0 Å². The molecular weight excluding hydrogens is 987 g/mol. The molecule has 3 fully saturated rings. The van der Waals surface area contributed by atoms with E-state index in [9.17, 15) is 14.7 Å². The Morgan fingerprint density at radius 2 is 0.987 bits per heavy atom. The molecule has 0 bridgehead atoms. The fourth-order valence-corrected chi connectivity index (χ4v) is 10.2. The third-order valence-electron chi connectivity index (χ3n) is 14.3. The SMILES string of the molecule is C.C.O=C([C@H](Cc1ccc(OCc2ccccc2)cc1)NC(CO)c1ccccc1)N1CCCC1.O=C1OC[C@H](c2ccccc2)N2C1[C@@H](c1ccc(OCc3ccccc3)cc1)O[C@H]2c1ccc(OCc2ccccc2)cc1. The largest absolute Gasteiger partial charge is 0.489 e. The van der Waals surface area contributed by atoms with Gasteiger partial charge in [-0.2, -0.15) is 0 Å². The molecule has 1 amide bonds. The number of aliphatic hydroxyl groups is 1. The summed E-state index contributed by atoms with van der Waals surface area (Å²) in [7, 11) is 0. The first kappa shape index (κ1) is 57.1. The lowest BCUT2D eigenvalue weighted by atomic mass is 9.96. The molecule has 3 heterocycles. The number of rotatable bonds is 19. The average Bonchev–Trinajstić information content (AvgIpc) is 4.19. The van der Waals surface area contributed by atoms with Gasteiger partial charge in [-0.3, -0.25) is 14.9 Å². The number of benzene rings is 8. The normalized spacial score (nSPS) is 18.2. The Morgan fingerprint density at radius 3 is 1.47 bits per heavy atom. The van der Waals surface area contributed by atoms with Crippen molar-refractivity contribution in [1.29, 1.82) is 0 Å². The number of carbonyl (C=O) groups is 2. The van der Waals surface area contributed by atoms with E-state index in [4.69, 9.17) is 23.7 Å². The van der Waals surface area contributed by atoms with Crippen molar-refractivity contribution in [1.82, 2.24) is 15.1 Å². The molecule has 0 radical (unpaired) electrons. The van der Waals surface area contributed by atoms with Gasteiger partial charge in [-0.25, -0.2) is 4.90 Å². The lowest BCUT2D eigenvalue weighted by Gasteiger charge is -2.39. The molecule has 0 aromatic heterocycles. The molecule has 408 valence electrons. The zero-order chi connectivity index (χ0) is 52.6. The quantitative estimate of drug-likeness (QED) is 0.0758. The van der Waals surface area contributed by atoms with Crippen LogP contribution in [0, 0.1) is 0 Å². The van der Waals surface area contributed by atoms with Crippen LogP contribution in [0.1, 0.15) is 96.6 Å². The van der Waals surface area contributed by atoms with Gasteiger partial charge >= 0.3 is 5.97 Å². The maximum Gasteiger partial charge on any atom is 0.326 e. The standard InChI is InChI=1S/C38H33NO5.C28H32N2O3.2CH4/c40-38-35-36(30-16-20-32(21-17-30)41-24-27-10-4-1-5-11-27)44-37(39(35)34(26-43-38)29-14-8-3-9-15-29)31-18-22-33(23-19-31)42-25-28-12-6-2-7-13-28;31-20-27(24-11-5-2-6-12-24)29-26(28(32)30-17-7-8-18-30)19-22-13-15-25(16-14-22)33-21-23-9-3-1-4-10-23;;/h1-23,34-37H,24-26H2;1-6,9-16,26-27,29,31H,7-8,17-21H2;2*1H4/t34-,35?,36-,37+;26-,27?;;/m10../s1. The highest BCUT2D eigenvalue weighted by Gasteiger charge is 2.54. The van der Waals surface area contributed by atoms with Crippen LogP contribution in [0.2, 0.25) is 0 Å². The summed E-state index contributed by atoms with van der Waals surface area (Å²) in [6, 6.07) is 72.5. The lowest BCUT2D eigenvalue weighted by Crippen LogP contribution is -2.49. The Balaban J connectivity index is 0.000000211. The Labute approximate surface area is 466 Å². The summed E-state index contributed by atoms with van der Waals surface area (Å²) in [5.41, 5.74) is 8.27. The predicted molar refractivity (Wildman–Crippen MR) is 310 cm³/mol. The number of ether oxygens (including phenoxy) is 5. The number of hydrogen-bond donors (Lipinski definition) is 2. The van der Waals surface area contributed by atoms with Crippen molar-refractivity contribution >= 4 is 11.9 Å². The zero-order valence-electron chi connectivity index (χ0n) is 43.1. The Morgan fingerprint density at radius 1 is 0.544 bits per heavy atom. The van der Waals surface area contributed by atoms with E-state index >= 15 is 0 Å². The minimum atomic E-state index is -0.607. The maximum atomic E-state index is 13.4. The lowest BCUT2D eigenvalue weighted by molar-refractivity contribution is -0.163. The number of likely N-dealkylation sites (tertiary alicyclic amines) is 1. The van der Waals surface area contributed by atoms with E-state index < -0.39 is 24.4 Å². The topological polar surface area (TPSA) is 119 Å². The van der Waals surface area contributed by atoms with E-state index in [0.29, 0.717) is 26.2 Å². The molecule has 0 saturated carbocycles. The van der Waals surface area contributed by atoms with E-state index in [-0.39, 0.29) is 52.0 Å². The van der Waals surface area contributed by atoms with Gasteiger partial charge in [0, 0.05) is 13.1 Å². The minimum absolute atomic E-state index is 0. The summed E-state index contributed by atoms with van der Waals surface area (Å²) in [4.78, 5) is 30.9. The van der Waals surface area contributed by atoms with E-state index in [1.165, 1.54) is 0 Å². The van der Waals surface area contributed by atoms with Gasteiger partial charge in [0.25, 0.3) is 0 Å². The summed E-state index contributed by atoms with van der Waals surface area (Å²) in [5, 5.41) is 13.5. The number of aliphatic hydroxyl groups excluding tert-OH is 1. The smallest absolute Gasteiger partial charge is 0.326 e. The molecule has 8 aromatic rings. The van der Waals surface area contributed by atoms with E-state index in [1.807, 2.05) is 217 Å². The maximum absolute atomic E-state index is 13.4. The molecule has 11 nitrogen and oxygen atoms in total. The first-order valence-electron chi connectivity index (χ1n) is 26.6. The van der Waals surface area contributed by atoms with Gasteiger partial charge in [0.05, 0.1) is 24.7 Å². The van der Waals surface area contributed by atoms with Gasteiger partial charge in [-0.1, -0.05) is 203 Å². The Hall–Kier alpha value is -8.06. The van der Waals surface area contributed by atoms with Gasteiger partial charge in [0.15, 0.2) is 0 Å². The molecule has 2 N–H and O–H groups in total. The minimum Gasteiger partial charge on any atom is -0.489 e. The van der Waals surface area contributed by atoms with Crippen LogP contribution in [-0.4, -0.2) is 65.2 Å². The Bertz CT molecular complexity index is 3060. The second-order valence-corrected chi connectivity index (χ2v) is 19.6. The van der Waals surface area contributed by atoms with Crippen LogP contribution in [-0.2, 0) is 45.3 Å². The summed E-state index contributed by atoms with van der Waals surface area (Å²) >= 11 is 0. The zero-order valence-corrected chi connectivity index (χ0v) is 43.1. The molecule has 79 heavy (non-hydrogen) atoms. The van der Waals surface area contributed by atoms with Crippen LogP contribution in [0.3, 0.4) is 0 Å². The van der Waals surface area contributed by atoms with Gasteiger partial charge < -0.3 is 33.7 Å². The van der Waals surface area contributed by atoms with Gasteiger partial charge in [-0.05, 0) is 100 Å². The molecule has 0 spiro atoms. The molecule has 2 unspecified atom stereocenters. The predicted octanol–water partition coefficient (Wildman–Crippen LogP) is 13.0. The molecule has 3 aliphatic rings.